The molecular formula is C20H22N2OS. The van der Waals surface area contributed by atoms with E-state index in [1.165, 1.54) is 21.6 Å². The van der Waals surface area contributed by atoms with Gasteiger partial charge in [-0.2, -0.15) is 0 Å². The molecular weight excluding hydrogens is 316 g/mol. The molecule has 0 aliphatic carbocycles. The van der Waals surface area contributed by atoms with Gasteiger partial charge in [0.15, 0.2) is 0 Å². The topological polar surface area (TPSA) is 34.1 Å². The van der Waals surface area contributed by atoms with Gasteiger partial charge < -0.3 is 10.1 Å². The van der Waals surface area contributed by atoms with Gasteiger partial charge in [0.1, 0.15) is 10.8 Å². The molecule has 0 aliphatic rings. The standard InChI is InChI=1S/C20H22N2OS/c1-15-7-3-5-9-17(15)19-13-22-20(24-19)14-21-12-11-16-8-4-6-10-18(16)23-2/h3-10,13,21H,11-12,14H2,1-2H3. The van der Waals surface area contributed by atoms with Gasteiger partial charge in [0, 0.05) is 12.7 Å². The Kier molecular flexibility index (Phi) is 5.62. The number of ether oxygens (including phenoxy) is 1. The lowest BCUT2D eigenvalue weighted by atomic mass is 10.1. The van der Waals surface area contributed by atoms with Gasteiger partial charge in [-0.3, -0.25) is 0 Å². The van der Waals surface area contributed by atoms with Gasteiger partial charge in [0.2, 0.25) is 0 Å². The van der Waals surface area contributed by atoms with E-state index in [2.05, 4.69) is 47.6 Å². The molecule has 0 aliphatic heterocycles. The van der Waals surface area contributed by atoms with E-state index in [1.807, 2.05) is 24.4 Å². The van der Waals surface area contributed by atoms with Crippen LogP contribution in [0.5, 0.6) is 5.75 Å². The second-order valence-corrected chi connectivity index (χ2v) is 6.79. The minimum atomic E-state index is 0.797. The van der Waals surface area contributed by atoms with Crippen LogP contribution in [-0.4, -0.2) is 18.6 Å². The highest BCUT2D eigenvalue weighted by Crippen LogP contribution is 2.28. The average Bonchev–Trinajstić information content (AvgIpc) is 3.08. The molecule has 0 fully saturated rings. The number of methoxy groups -OCH3 is 1. The summed E-state index contributed by atoms with van der Waals surface area (Å²) >= 11 is 1.76. The monoisotopic (exact) mass is 338 g/mol. The molecule has 2 aromatic carbocycles. The summed E-state index contributed by atoms with van der Waals surface area (Å²) < 4.78 is 5.39. The van der Waals surface area contributed by atoms with E-state index in [9.17, 15) is 0 Å². The molecule has 3 aromatic rings. The average molecular weight is 338 g/mol. The van der Waals surface area contributed by atoms with E-state index >= 15 is 0 Å². The van der Waals surface area contributed by atoms with Gasteiger partial charge in [-0.15, -0.1) is 11.3 Å². The number of aryl methyl sites for hydroxylation is 1. The molecule has 0 spiro atoms. The predicted octanol–water partition coefficient (Wildman–Crippen LogP) is 4.46. The van der Waals surface area contributed by atoms with Crippen molar-refractivity contribution in [3.8, 4) is 16.2 Å². The summed E-state index contributed by atoms with van der Waals surface area (Å²) in [6, 6.07) is 16.6. The van der Waals surface area contributed by atoms with Gasteiger partial charge in [-0.05, 0) is 42.6 Å². The molecule has 24 heavy (non-hydrogen) atoms. The van der Waals surface area contributed by atoms with E-state index in [4.69, 9.17) is 4.74 Å². The fourth-order valence-electron chi connectivity index (χ4n) is 2.69. The number of rotatable bonds is 7. The van der Waals surface area contributed by atoms with Crippen LogP contribution in [0.25, 0.3) is 10.4 Å². The summed E-state index contributed by atoms with van der Waals surface area (Å²) in [5, 5.41) is 4.59. The third kappa shape index (κ3) is 4.02. The molecule has 0 unspecified atom stereocenters. The summed E-state index contributed by atoms with van der Waals surface area (Å²) in [7, 11) is 1.72. The summed E-state index contributed by atoms with van der Waals surface area (Å²) in [6.45, 7) is 3.84. The van der Waals surface area contributed by atoms with Crippen LogP contribution >= 0.6 is 11.3 Å². The molecule has 0 bridgehead atoms. The normalized spacial score (nSPS) is 10.8. The molecule has 4 heteroatoms. The molecule has 1 aromatic heterocycles. The van der Waals surface area contributed by atoms with Crippen molar-refractivity contribution in [2.45, 2.75) is 19.9 Å². The lowest BCUT2D eigenvalue weighted by Crippen LogP contribution is -2.16. The van der Waals surface area contributed by atoms with Crippen molar-refractivity contribution in [1.29, 1.82) is 0 Å². The minimum absolute atomic E-state index is 0.797. The Balaban J connectivity index is 1.54. The molecule has 0 atom stereocenters. The van der Waals surface area contributed by atoms with Gasteiger partial charge in [0.25, 0.3) is 0 Å². The molecule has 1 heterocycles. The number of para-hydroxylation sites is 1. The van der Waals surface area contributed by atoms with Crippen LogP contribution in [0.3, 0.4) is 0 Å². The lowest BCUT2D eigenvalue weighted by molar-refractivity contribution is 0.409. The number of thiazole rings is 1. The van der Waals surface area contributed by atoms with Crippen LogP contribution < -0.4 is 10.1 Å². The van der Waals surface area contributed by atoms with Crippen molar-refractivity contribution in [2.75, 3.05) is 13.7 Å². The Morgan fingerprint density at radius 3 is 2.71 bits per heavy atom. The molecule has 0 saturated carbocycles. The van der Waals surface area contributed by atoms with Crippen LogP contribution in [0.4, 0.5) is 0 Å². The highest BCUT2D eigenvalue weighted by molar-refractivity contribution is 7.15. The second-order valence-electron chi connectivity index (χ2n) is 5.67. The number of benzene rings is 2. The Morgan fingerprint density at radius 2 is 1.88 bits per heavy atom. The van der Waals surface area contributed by atoms with E-state index in [0.29, 0.717) is 0 Å². The third-order valence-electron chi connectivity index (χ3n) is 4.00. The summed E-state index contributed by atoms with van der Waals surface area (Å²) in [4.78, 5) is 5.77. The van der Waals surface area contributed by atoms with Crippen molar-refractivity contribution in [1.82, 2.24) is 10.3 Å². The number of nitrogens with one attached hydrogen (secondary N) is 1. The minimum Gasteiger partial charge on any atom is -0.496 e. The fraction of sp³-hybridized carbons (Fsp3) is 0.250. The quantitative estimate of drug-likeness (QED) is 0.646. The Morgan fingerprint density at radius 1 is 1.08 bits per heavy atom. The highest BCUT2D eigenvalue weighted by atomic mass is 32.1. The first-order valence-corrected chi connectivity index (χ1v) is 8.93. The smallest absolute Gasteiger partial charge is 0.122 e. The summed E-state index contributed by atoms with van der Waals surface area (Å²) in [5.74, 6) is 0.954. The number of nitrogens with zero attached hydrogens (tertiary/aromatic N) is 1. The first kappa shape index (κ1) is 16.7. The Labute approximate surface area is 147 Å². The fourth-order valence-corrected chi connectivity index (χ4v) is 3.67. The van der Waals surface area contributed by atoms with Crippen molar-refractivity contribution in [3.05, 3.63) is 70.9 Å². The van der Waals surface area contributed by atoms with E-state index < -0.39 is 0 Å². The van der Waals surface area contributed by atoms with Gasteiger partial charge in [-0.25, -0.2) is 4.98 Å². The van der Waals surface area contributed by atoms with Crippen molar-refractivity contribution < 1.29 is 4.74 Å². The van der Waals surface area contributed by atoms with Crippen LogP contribution in [-0.2, 0) is 13.0 Å². The summed E-state index contributed by atoms with van der Waals surface area (Å²) in [6.07, 6.45) is 2.92. The van der Waals surface area contributed by atoms with Crippen molar-refractivity contribution in [2.24, 2.45) is 0 Å². The van der Waals surface area contributed by atoms with Crippen LogP contribution in [0.1, 0.15) is 16.1 Å². The van der Waals surface area contributed by atoms with Gasteiger partial charge in [0.05, 0.1) is 12.0 Å². The maximum absolute atomic E-state index is 5.39. The number of aromatic nitrogens is 1. The Hall–Kier alpha value is -2.17. The van der Waals surface area contributed by atoms with Gasteiger partial charge >= 0.3 is 0 Å². The molecule has 3 nitrogen and oxygen atoms in total. The molecule has 3 rings (SSSR count). The SMILES string of the molecule is COc1ccccc1CCNCc1ncc(-c2ccccc2C)s1. The first-order valence-electron chi connectivity index (χ1n) is 8.11. The zero-order valence-corrected chi connectivity index (χ0v) is 14.9. The van der Waals surface area contributed by atoms with Gasteiger partial charge in [-0.1, -0.05) is 42.5 Å². The molecule has 1 N–H and O–H groups in total. The number of hydrogen-bond donors (Lipinski definition) is 1. The van der Waals surface area contributed by atoms with Crippen LogP contribution in [0.15, 0.2) is 54.7 Å². The van der Waals surface area contributed by atoms with Crippen LogP contribution in [0.2, 0.25) is 0 Å². The maximum Gasteiger partial charge on any atom is 0.122 e. The van der Waals surface area contributed by atoms with Crippen LogP contribution in [0, 0.1) is 6.92 Å². The molecule has 0 saturated heterocycles. The molecule has 0 radical (unpaired) electrons. The van der Waals surface area contributed by atoms with E-state index in [1.54, 1.807) is 18.4 Å². The first-order chi connectivity index (χ1) is 11.8. The largest absolute Gasteiger partial charge is 0.496 e. The highest BCUT2D eigenvalue weighted by Gasteiger charge is 2.07. The predicted molar refractivity (Wildman–Crippen MR) is 101 cm³/mol. The zero-order chi connectivity index (χ0) is 16.8. The van der Waals surface area contributed by atoms with E-state index in [-0.39, 0.29) is 0 Å². The van der Waals surface area contributed by atoms with Crippen molar-refractivity contribution in [3.63, 3.8) is 0 Å². The summed E-state index contributed by atoms with van der Waals surface area (Å²) in [5.41, 5.74) is 3.79. The zero-order valence-electron chi connectivity index (χ0n) is 14.1. The number of hydrogen-bond acceptors (Lipinski definition) is 4. The van der Waals surface area contributed by atoms with E-state index in [0.717, 1.165) is 30.3 Å². The maximum atomic E-state index is 5.39. The third-order valence-corrected chi connectivity index (χ3v) is 5.03. The Bertz CT molecular complexity index is 798. The lowest BCUT2D eigenvalue weighted by Gasteiger charge is -2.08. The molecule has 124 valence electrons. The second kappa shape index (κ2) is 8.08. The molecule has 0 amide bonds. The van der Waals surface area contributed by atoms with Crippen molar-refractivity contribution >= 4 is 11.3 Å².